The summed E-state index contributed by atoms with van der Waals surface area (Å²) >= 11 is 3.35. The van der Waals surface area contributed by atoms with Gasteiger partial charge < -0.3 is 0 Å². The van der Waals surface area contributed by atoms with E-state index < -0.39 is 15.9 Å². The number of rotatable bonds is 4. The third kappa shape index (κ3) is 4.51. The zero-order valence-corrected chi connectivity index (χ0v) is 14.1. The predicted molar refractivity (Wildman–Crippen MR) is 88.8 cm³/mol. The van der Waals surface area contributed by atoms with E-state index in [4.69, 9.17) is 0 Å². The maximum Gasteiger partial charge on any atom is 0.264 e. The van der Waals surface area contributed by atoms with Crippen LogP contribution >= 0.6 is 15.9 Å². The third-order valence-corrected chi connectivity index (χ3v) is 4.64. The average molecular weight is 381 g/mol. The second-order valence-electron chi connectivity index (χ2n) is 4.47. The highest BCUT2D eigenvalue weighted by molar-refractivity contribution is 9.10. The maximum atomic E-state index is 11.8. The minimum Gasteiger partial charge on any atom is -0.274 e. The summed E-state index contributed by atoms with van der Waals surface area (Å²) in [6.07, 6.45) is 1.68. The fraction of sp³-hybridized carbons (Fsp3) is 0.0667. The summed E-state index contributed by atoms with van der Waals surface area (Å²) in [6.45, 7) is 1.15. The van der Waals surface area contributed by atoms with E-state index in [9.17, 15) is 13.2 Å². The minimum atomic E-state index is -3.80. The Morgan fingerprint density at radius 2 is 1.68 bits per heavy atom. The molecule has 0 aliphatic rings. The largest absolute Gasteiger partial charge is 0.274 e. The molecule has 7 heteroatoms. The van der Waals surface area contributed by atoms with Crippen molar-refractivity contribution in [1.82, 2.24) is 4.72 Å². The SMILES string of the molecule is CC(=O)NS(=O)(=O)c1ccc(N=Cc2ccc(Br)cc2)cc1. The summed E-state index contributed by atoms with van der Waals surface area (Å²) in [5.41, 5.74) is 1.54. The first-order valence-corrected chi connectivity index (χ1v) is 8.57. The van der Waals surface area contributed by atoms with Gasteiger partial charge in [0.25, 0.3) is 10.0 Å². The molecule has 0 aliphatic heterocycles. The van der Waals surface area contributed by atoms with Crippen molar-refractivity contribution in [3.05, 3.63) is 58.6 Å². The van der Waals surface area contributed by atoms with Gasteiger partial charge in [-0.1, -0.05) is 28.1 Å². The molecule has 1 amide bonds. The van der Waals surface area contributed by atoms with Crippen molar-refractivity contribution in [2.45, 2.75) is 11.8 Å². The smallest absolute Gasteiger partial charge is 0.264 e. The monoisotopic (exact) mass is 380 g/mol. The molecule has 22 heavy (non-hydrogen) atoms. The Bertz CT molecular complexity index is 798. The number of benzene rings is 2. The molecule has 0 bridgehead atoms. The van der Waals surface area contributed by atoms with Gasteiger partial charge in [-0.2, -0.15) is 0 Å². The summed E-state index contributed by atoms with van der Waals surface area (Å²) in [4.78, 5) is 15.2. The van der Waals surface area contributed by atoms with Crippen molar-refractivity contribution < 1.29 is 13.2 Å². The van der Waals surface area contributed by atoms with E-state index >= 15 is 0 Å². The summed E-state index contributed by atoms with van der Waals surface area (Å²) in [6, 6.07) is 13.6. The van der Waals surface area contributed by atoms with Gasteiger partial charge in [-0.25, -0.2) is 13.1 Å². The van der Waals surface area contributed by atoms with E-state index in [1.165, 1.54) is 12.1 Å². The minimum absolute atomic E-state index is 0.0188. The van der Waals surface area contributed by atoms with Crippen LogP contribution < -0.4 is 4.72 Å². The molecular weight excluding hydrogens is 368 g/mol. The van der Waals surface area contributed by atoms with Crippen LogP contribution in [0.15, 0.2) is 62.9 Å². The number of nitrogens with one attached hydrogen (secondary N) is 1. The van der Waals surface area contributed by atoms with Gasteiger partial charge in [0.15, 0.2) is 0 Å². The maximum absolute atomic E-state index is 11.8. The molecular formula is C15H13BrN2O3S. The van der Waals surface area contributed by atoms with Crippen molar-refractivity contribution >= 4 is 43.8 Å². The van der Waals surface area contributed by atoms with E-state index in [1.807, 2.05) is 29.0 Å². The van der Waals surface area contributed by atoms with E-state index in [0.717, 1.165) is 17.0 Å². The van der Waals surface area contributed by atoms with Crippen LogP contribution in [0.5, 0.6) is 0 Å². The normalized spacial score (nSPS) is 11.5. The molecule has 0 saturated heterocycles. The highest BCUT2D eigenvalue weighted by atomic mass is 79.9. The second-order valence-corrected chi connectivity index (χ2v) is 7.06. The van der Waals surface area contributed by atoms with Gasteiger partial charge in [0.05, 0.1) is 10.6 Å². The first kappa shape index (κ1) is 16.4. The number of hydrogen-bond donors (Lipinski definition) is 1. The fourth-order valence-corrected chi connectivity index (χ4v) is 2.91. The Balaban J connectivity index is 2.15. The van der Waals surface area contributed by atoms with Crippen LogP contribution in [0.3, 0.4) is 0 Å². The summed E-state index contributed by atoms with van der Waals surface area (Å²) in [5, 5.41) is 0. The van der Waals surface area contributed by atoms with Crippen LogP contribution in [0.4, 0.5) is 5.69 Å². The van der Waals surface area contributed by atoms with E-state index in [1.54, 1.807) is 18.3 Å². The Kier molecular flexibility index (Phi) is 5.10. The highest BCUT2D eigenvalue weighted by Crippen LogP contribution is 2.17. The molecule has 114 valence electrons. The molecule has 2 aromatic carbocycles. The number of nitrogens with zero attached hydrogens (tertiary/aromatic N) is 1. The Morgan fingerprint density at radius 3 is 2.23 bits per heavy atom. The van der Waals surface area contributed by atoms with Crippen molar-refractivity contribution in [2.24, 2.45) is 4.99 Å². The number of sulfonamides is 1. The number of amides is 1. The van der Waals surface area contributed by atoms with Crippen LogP contribution in [-0.2, 0) is 14.8 Å². The van der Waals surface area contributed by atoms with Gasteiger partial charge in [0.1, 0.15) is 0 Å². The Labute approximate surface area is 137 Å². The summed E-state index contributed by atoms with van der Waals surface area (Å²) < 4.78 is 26.5. The lowest BCUT2D eigenvalue weighted by Crippen LogP contribution is -2.28. The molecule has 0 saturated carbocycles. The van der Waals surface area contributed by atoms with Gasteiger partial charge in [0.2, 0.25) is 5.91 Å². The van der Waals surface area contributed by atoms with E-state index in [-0.39, 0.29) is 4.90 Å². The first-order valence-electron chi connectivity index (χ1n) is 6.30. The molecule has 2 aromatic rings. The van der Waals surface area contributed by atoms with Crippen molar-refractivity contribution in [3.63, 3.8) is 0 Å². The lowest BCUT2D eigenvalue weighted by Gasteiger charge is -2.04. The molecule has 0 spiro atoms. The number of halogens is 1. The lowest BCUT2D eigenvalue weighted by atomic mass is 10.2. The Morgan fingerprint density at radius 1 is 1.09 bits per heavy atom. The van der Waals surface area contributed by atoms with Gasteiger partial charge in [-0.3, -0.25) is 9.79 Å². The first-order chi connectivity index (χ1) is 10.4. The predicted octanol–water partition coefficient (Wildman–Crippen LogP) is 3.02. The molecule has 0 unspecified atom stereocenters. The van der Waals surface area contributed by atoms with Gasteiger partial charge in [-0.05, 0) is 42.0 Å². The van der Waals surface area contributed by atoms with E-state index in [0.29, 0.717) is 5.69 Å². The quantitative estimate of drug-likeness (QED) is 0.828. The molecule has 1 N–H and O–H groups in total. The van der Waals surface area contributed by atoms with Crippen LogP contribution in [-0.4, -0.2) is 20.5 Å². The summed E-state index contributed by atoms with van der Waals surface area (Å²) in [7, 11) is -3.80. The third-order valence-electron chi connectivity index (χ3n) is 2.66. The second kappa shape index (κ2) is 6.85. The van der Waals surface area contributed by atoms with E-state index in [2.05, 4.69) is 20.9 Å². The molecule has 5 nitrogen and oxygen atoms in total. The Hall–Kier alpha value is -1.99. The van der Waals surface area contributed by atoms with Crippen LogP contribution in [0.2, 0.25) is 0 Å². The number of hydrogen-bond acceptors (Lipinski definition) is 4. The van der Waals surface area contributed by atoms with Gasteiger partial charge in [0, 0.05) is 17.6 Å². The molecule has 0 aliphatic carbocycles. The highest BCUT2D eigenvalue weighted by Gasteiger charge is 2.14. The zero-order chi connectivity index (χ0) is 16.2. The molecule has 2 rings (SSSR count). The topological polar surface area (TPSA) is 75.6 Å². The number of aliphatic imine (C=N–C) groups is 1. The fourth-order valence-electron chi connectivity index (χ4n) is 1.66. The van der Waals surface area contributed by atoms with Crippen molar-refractivity contribution in [1.29, 1.82) is 0 Å². The van der Waals surface area contributed by atoms with Crippen LogP contribution in [0, 0.1) is 0 Å². The lowest BCUT2D eigenvalue weighted by molar-refractivity contribution is -0.117. The standard InChI is InChI=1S/C15H13BrN2O3S/c1-11(19)18-22(20,21)15-8-6-14(7-9-15)17-10-12-2-4-13(16)5-3-12/h2-10H,1H3,(H,18,19). The zero-order valence-electron chi connectivity index (χ0n) is 11.7. The van der Waals surface area contributed by atoms with Crippen LogP contribution in [0.1, 0.15) is 12.5 Å². The molecule has 0 atom stereocenters. The number of carbonyl (C=O) groups is 1. The molecule has 0 heterocycles. The van der Waals surface area contributed by atoms with Crippen molar-refractivity contribution in [3.8, 4) is 0 Å². The summed E-state index contributed by atoms with van der Waals surface area (Å²) in [5.74, 6) is -0.627. The average Bonchev–Trinajstić information content (AvgIpc) is 2.46. The van der Waals surface area contributed by atoms with Crippen molar-refractivity contribution in [2.75, 3.05) is 0 Å². The number of carbonyl (C=O) groups excluding carboxylic acids is 1. The molecule has 0 radical (unpaired) electrons. The molecule has 0 fully saturated rings. The van der Waals surface area contributed by atoms with Gasteiger partial charge in [-0.15, -0.1) is 0 Å². The van der Waals surface area contributed by atoms with Crippen LogP contribution in [0.25, 0.3) is 0 Å². The molecule has 0 aromatic heterocycles. The van der Waals surface area contributed by atoms with Gasteiger partial charge >= 0.3 is 0 Å².